The van der Waals surface area contributed by atoms with E-state index in [1.165, 1.54) is 18.4 Å². The lowest BCUT2D eigenvalue weighted by atomic mass is 9.79. The highest BCUT2D eigenvalue weighted by molar-refractivity contribution is 7.99. The molecule has 3 nitrogen and oxygen atoms in total. The number of hydrogen-bond donors (Lipinski definition) is 2. The predicted molar refractivity (Wildman–Crippen MR) is 106 cm³/mol. The van der Waals surface area contributed by atoms with Gasteiger partial charge in [0.1, 0.15) is 0 Å². The Bertz CT molecular complexity index is 544. The van der Waals surface area contributed by atoms with E-state index in [1.54, 1.807) is 0 Å². The van der Waals surface area contributed by atoms with Gasteiger partial charge in [0.05, 0.1) is 0 Å². The molecule has 2 aliphatic rings. The summed E-state index contributed by atoms with van der Waals surface area (Å²) in [6.07, 6.45) is 5.29. The molecule has 0 aromatic heterocycles. The van der Waals surface area contributed by atoms with Crippen LogP contribution in [0.3, 0.4) is 0 Å². The fourth-order valence-electron chi connectivity index (χ4n) is 3.75. The van der Waals surface area contributed by atoms with Crippen molar-refractivity contribution in [1.82, 2.24) is 10.6 Å². The minimum atomic E-state index is 0. The van der Waals surface area contributed by atoms with Gasteiger partial charge in [0, 0.05) is 47.5 Å². The zero-order valence-corrected chi connectivity index (χ0v) is 16.2. The van der Waals surface area contributed by atoms with Gasteiger partial charge < -0.3 is 10.6 Å². The summed E-state index contributed by atoms with van der Waals surface area (Å²) in [5.41, 5.74) is 1.34. The van der Waals surface area contributed by atoms with Gasteiger partial charge in [0.15, 0.2) is 0 Å². The average Bonchev–Trinajstić information content (AvgIpc) is 3.04. The molecule has 0 bridgehead atoms. The molecule has 0 spiro atoms. The minimum absolute atomic E-state index is 0. The van der Waals surface area contributed by atoms with Crippen LogP contribution in [0.1, 0.15) is 37.7 Å². The number of carbonyl (C=O) groups excluding carboxylic acids is 1. The van der Waals surface area contributed by atoms with Gasteiger partial charge in [-0.15, -0.1) is 12.4 Å². The number of nitrogens with one attached hydrogen (secondary N) is 2. The summed E-state index contributed by atoms with van der Waals surface area (Å²) in [7, 11) is 0. The second-order valence-corrected chi connectivity index (χ2v) is 8.29. The zero-order chi connectivity index (χ0) is 16.1. The molecule has 1 saturated carbocycles. The Labute approximate surface area is 160 Å². The fourth-order valence-corrected chi connectivity index (χ4v) is 4.89. The lowest BCUT2D eigenvalue weighted by Gasteiger charge is -2.31. The van der Waals surface area contributed by atoms with E-state index < -0.39 is 0 Å². The summed E-state index contributed by atoms with van der Waals surface area (Å²) in [6, 6.07) is 8.47. The summed E-state index contributed by atoms with van der Waals surface area (Å²) in [4.78, 5) is 12.3. The van der Waals surface area contributed by atoms with Gasteiger partial charge >= 0.3 is 0 Å². The van der Waals surface area contributed by atoms with E-state index in [1.807, 2.05) is 23.9 Å². The average molecular weight is 389 g/mol. The maximum atomic E-state index is 12.3. The van der Waals surface area contributed by atoms with E-state index in [0.29, 0.717) is 12.5 Å². The first-order chi connectivity index (χ1) is 11.2. The number of rotatable bonds is 5. The third-order valence-electron chi connectivity index (χ3n) is 5.05. The van der Waals surface area contributed by atoms with Crippen LogP contribution in [-0.2, 0) is 10.2 Å². The van der Waals surface area contributed by atoms with Crippen LogP contribution < -0.4 is 10.6 Å². The molecular formula is C18H26Cl2N2OS. The molecule has 3 rings (SSSR count). The largest absolute Gasteiger partial charge is 0.355 e. The first-order valence-corrected chi connectivity index (χ1v) is 10.1. The first-order valence-electron chi connectivity index (χ1n) is 8.52. The van der Waals surface area contributed by atoms with Gasteiger partial charge in [-0.05, 0) is 30.5 Å². The maximum absolute atomic E-state index is 12.3. The summed E-state index contributed by atoms with van der Waals surface area (Å²) in [6.45, 7) is 1.74. The van der Waals surface area contributed by atoms with Crippen molar-refractivity contribution in [3.05, 3.63) is 34.9 Å². The maximum Gasteiger partial charge on any atom is 0.221 e. The normalized spacial score (nSPS) is 22.6. The SMILES string of the molecule is Cl.O=C(CC1CSCCN1)NCC1(c2cccc(Cl)c2)CCCC1. The van der Waals surface area contributed by atoms with Gasteiger partial charge in [-0.2, -0.15) is 11.8 Å². The smallest absolute Gasteiger partial charge is 0.221 e. The van der Waals surface area contributed by atoms with Crippen molar-refractivity contribution >= 4 is 41.7 Å². The molecule has 134 valence electrons. The molecule has 2 fully saturated rings. The number of carbonyl (C=O) groups is 1. The van der Waals surface area contributed by atoms with Crippen molar-refractivity contribution in [2.45, 2.75) is 43.6 Å². The van der Waals surface area contributed by atoms with Gasteiger partial charge in [-0.3, -0.25) is 4.79 Å². The van der Waals surface area contributed by atoms with Crippen molar-refractivity contribution in [3.63, 3.8) is 0 Å². The monoisotopic (exact) mass is 388 g/mol. The topological polar surface area (TPSA) is 41.1 Å². The standard InChI is InChI=1S/C18H25ClN2OS.ClH/c19-15-5-3-4-14(10-15)18(6-1-2-7-18)13-21-17(22)11-16-12-23-9-8-20-16;/h3-5,10,16,20H,1-2,6-9,11-13H2,(H,21,22);1H. The van der Waals surface area contributed by atoms with Gasteiger partial charge in [0.25, 0.3) is 0 Å². The second kappa shape index (κ2) is 9.33. The van der Waals surface area contributed by atoms with E-state index >= 15 is 0 Å². The van der Waals surface area contributed by atoms with Crippen LogP contribution in [0.2, 0.25) is 5.02 Å². The third kappa shape index (κ3) is 5.04. The number of halogens is 2. The Kier molecular flexibility index (Phi) is 7.73. The van der Waals surface area contributed by atoms with Crippen molar-refractivity contribution in [2.24, 2.45) is 0 Å². The van der Waals surface area contributed by atoms with Crippen molar-refractivity contribution in [2.75, 3.05) is 24.6 Å². The Morgan fingerprint density at radius 2 is 2.17 bits per heavy atom. The molecule has 1 heterocycles. The van der Waals surface area contributed by atoms with Crippen molar-refractivity contribution in [3.8, 4) is 0 Å². The highest BCUT2D eigenvalue weighted by Gasteiger charge is 2.36. The fraction of sp³-hybridized carbons (Fsp3) is 0.611. The molecule has 1 saturated heterocycles. The molecule has 0 radical (unpaired) electrons. The van der Waals surface area contributed by atoms with Crippen LogP contribution in [0, 0.1) is 0 Å². The van der Waals surface area contributed by atoms with E-state index in [-0.39, 0.29) is 23.7 Å². The van der Waals surface area contributed by atoms with E-state index in [9.17, 15) is 4.79 Å². The number of hydrogen-bond acceptors (Lipinski definition) is 3. The van der Waals surface area contributed by atoms with Gasteiger partial charge in [0.2, 0.25) is 5.91 Å². The Morgan fingerprint density at radius 1 is 1.38 bits per heavy atom. The first kappa shape index (κ1) is 19.9. The summed E-state index contributed by atoms with van der Waals surface area (Å²) >= 11 is 8.11. The molecule has 2 N–H and O–H groups in total. The lowest BCUT2D eigenvalue weighted by molar-refractivity contribution is -0.121. The minimum Gasteiger partial charge on any atom is -0.355 e. The molecule has 1 aromatic carbocycles. The molecule has 1 atom stereocenters. The Balaban J connectivity index is 0.00000208. The number of thioether (sulfide) groups is 1. The van der Waals surface area contributed by atoms with Crippen LogP contribution in [0.25, 0.3) is 0 Å². The van der Waals surface area contributed by atoms with Crippen molar-refractivity contribution in [1.29, 1.82) is 0 Å². The van der Waals surface area contributed by atoms with Gasteiger partial charge in [-0.1, -0.05) is 36.6 Å². The Hall–Kier alpha value is -0.420. The molecule has 1 amide bonds. The van der Waals surface area contributed by atoms with Crippen LogP contribution in [0.5, 0.6) is 0 Å². The predicted octanol–water partition coefficient (Wildman–Crippen LogP) is 3.78. The quantitative estimate of drug-likeness (QED) is 0.805. The molecule has 1 aliphatic heterocycles. The summed E-state index contributed by atoms with van der Waals surface area (Å²) in [5.74, 6) is 2.35. The van der Waals surface area contributed by atoms with Crippen molar-refractivity contribution < 1.29 is 4.79 Å². The summed E-state index contributed by atoms with van der Waals surface area (Å²) in [5, 5.41) is 7.41. The molecule has 1 aliphatic carbocycles. The van der Waals surface area contributed by atoms with Crippen LogP contribution in [0.15, 0.2) is 24.3 Å². The molecule has 24 heavy (non-hydrogen) atoms. The van der Waals surface area contributed by atoms with Crippen LogP contribution in [-0.4, -0.2) is 36.5 Å². The van der Waals surface area contributed by atoms with Crippen LogP contribution >= 0.6 is 35.8 Å². The zero-order valence-electron chi connectivity index (χ0n) is 13.9. The van der Waals surface area contributed by atoms with E-state index in [4.69, 9.17) is 11.6 Å². The molecule has 1 aromatic rings. The lowest BCUT2D eigenvalue weighted by Crippen LogP contribution is -2.44. The number of amides is 1. The molecule has 1 unspecified atom stereocenters. The highest BCUT2D eigenvalue weighted by atomic mass is 35.5. The second-order valence-electron chi connectivity index (χ2n) is 6.70. The third-order valence-corrected chi connectivity index (χ3v) is 6.42. The number of benzene rings is 1. The van der Waals surface area contributed by atoms with Gasteiger partial charge in [-0.25, -0.2) is 0 Å². The van der Waals surface area contributed by atoms with Crippen LogP contribution in [0.4, 0.5) is 0 Å². The van der Waals surface area contributed by atoms with E-state index in [2.05, 4.69) is 22.8 Å². The highest BCUT2D eigenvalue weighted by Crippen LogP contribution is 2.41. The summed E-state index contributed by atoms with van der Waals surface area (Å²) < 4.78 is 0. The van der Waals surface area contributed by atoms with E-state index in [0.717, 1.165) is 42.5 Å². The molecule has 6 heteroatoms. The Morgan fingerprint density at radius 3 is 2.83 bits per heavy atom. The molecular weight excluding hydrogens is 363 g/mol.